The molecule has 0 aliphatic rings. The first kappa shape index (κ1) is 14.3. The Morgan fingerprint density at radius 1 is 1.48 bits per heavy atom. The number of phenolic OH excluding ortho intramolecular Hbond substituents is 1. The van der Waals surface area contributed by atoms with Gasteiger partial charge in [0.05, 0.1) is 4.92 Å². The van der Waals surface area contributed by atoms with Gasteiger partial charge in [-0.05, 0) is 31.5 Å². The van der Waals surface area contributed by atoms with Crippen LogP contribution in [0.3, 0.4) is 0 Å². The molecule has 0 bridgehead atoms. The molecule has 2 rings (SSSR count). The highest BCUT2D eigenvalue weighted by molar-refractivity contribution is 5.83. The molecule has 2 aromatic rings. The van der Waals surface area contributed by atoms with Crippen molar-refractivity contribution < 1.29 is 14.4 Å². The predicted octanol–water partition coefficient (Wildman–Crippen LogP) is 3.13. The number of nitriles is 1. The fourth-order valence-corrected chi connectivity index (χ4v) is 1.73. The molecule has 0 unspecified atom stereocenters. The van der Waals surface area contributed by atoms with E-state index in [-0.39, 0.29) is 5.88 Å². The first-order valence-electron chi connectivity index (χ1n) is 5.95. The van der Waals surface area contributed by atoms with Crippen LogP contribution in [0.25, 0.3) is 0 Å². The van der Waals surface area contributed by atoms with E-state index in [4.69, 9.17) is 9.68 Å². The standard InChI is InChI=1S/C14H11N3O4/c1-8-9(2)21-14(11(8)6-15)16-7-10-3-4-13(18)12(5-10)17(19)20/h3-5,7,18H,1-2H3/b16-7+. The molecule has 7 nitrogen and oxygen atoms in total. The molecule has 0 spiro atoms. The molecule has 1 N–H and O–H groups in total. The zero-order chi connectivity index (χ0) is 15.6. The number of furan rings is 1. The number of nitro benzene ring substituents is 1. The Labute approximate surface area is 119 Å². The average Bonchev–Trinajstić information content (AvgIpc) is 2.72. The van der Waals surface area contributed by atoms with Crippen molar-refractivity contribution in [3.8, 4) is 11.8 Å². The minimum Gasteiger partial charge on any atom is -0.502 e. The molecule has 0 amide bonds. The topological polar surface area (TPSA) is 113 Å². The molecule has 0 saturated carbocycles. The van der Waals surface area contributed by atoms with Crippen molar-refractivity contribution in [3.63, 3.8) is 0 Å². The maximum Gasteiger partial charge on any atom is 0.311 e. The van der Waals surface area contributed by atoms with Crippen LogP contribution in [0.2, 0.25) is 0 Å². The van der Waals surface area contributed by atoms with Crippen molar-refractivity contribution in [2.45, 2.75) is 13.8 Å². The molecule has 0 fully saturated rings. The summed E-state index contributed by atoms with van der Waals surface area (Å²) in [4.78, 5) is 14.1. The van der Waals surface area contributed by atoms with E-state index in [1.165, 1.54) is 24.4 Å². The molecule has 21 heavy (non-hydrogen) atoms. The molecule has 0 radical (unpaired) electrons. The SMILES string of the molecule is Cc1oc(/N=C/c2ccc(O)c([N+](=O)[O-])c2)c(C#N)c1C. The van der Waals surface area contributed by atoms with Gasteiger partial charge in [0.2, 0.25) is 5.88 Å². The van der Waals surface area contributed by atoms with Crippen molar-refractivity contribution >= 4 is 17.8 Å². The van der Waals surface area contributed by atoms with Crippen LogP contribution in [0, 0.1) is 35.3 Å². The summed E-state index contributed by atoms with van der Waals surface area (Å²) in [6.07, 6.45) is 1.34. The number of rotatable bonds is 3. The largest absolute Gasteiger partial charge is 0.502 e. The Hall–Kier alpha value is -3.14. The number of aryl methyl sites for hydroxylation is 1. The number of aromatic hydroxyl groups is 1. The fourth-order valence-electron chi connectivity index (χ4n) is 1.73. The first-order chi connectivity index (χ1) is 9.93. The number of hydrogen-bond donors (Lipinski definition) is 1. The van der Waals surface area contributed by atoms with E-state index < -0.39 is 16.4 Å². The summed E-state index contributed by atoms with van der Waals surface area (Å²) in [5.74, 6) is 0.332. The minimum atomic E-state index is -0.686. The molecule has 1 heterocycles. The zero-order valence-corrected chi connectivity index (χ0v) is 11.3. The Morgan fingerprint density at radius 2 is 2.19 bits per heavy atom. The van der Waals surface area contributed by atoms with Crippen molar-refractivity contribution in [3.05, 3.63) is 50.8 Å². The number of benzene rings is 1. The highest BCUT2D eigenvalue weighted by atomic mass is 16.6. The monoisotopic (exact) mass is 285 g/mol. The molecular weight excluding hydrogens is 274 g/mol. The molecule has 0 aliphatic carbocycles. The second kappa shape index (κ2) is 5.46. The normalized spacial score (nSPS) is 10.7. The van der Waals surface area contributed by atoms with Gasteiger partial charge in [-0.3, -0.25) is 10.1 Å². The van der Waals surface area contributed by atoms with Gasteiger partial charge in [0.1, 0.15) is 17.4 Å². The predicted molar refractivity (Wildman–Crippen MR) is 74.9 cm³/mol. The van der Waals surface area contributed by atoms with Crippen LogP contribution in [0.4, 0.5) is 11.6 Å². The minimum absolute atomic E-state index is 0.156. The summed E-state index contributed by atoms with van der Waals surface area (Å²) in [7, 11) is 0. The van der Waals surface area contributed by atoms with Gasteiger partial charge in [0.15, 0.2) is 5.75 Å². The van der Waals surface area contributed by atoms with E-state index in [2.05, 4.69) is 4.99 Å². The van der Waals surface area contributed by atoms with E-state index in [1.807, 2.05) is 6.07 Å². The molecular formula is C14H11N3O4. The number of nitrogens with zero attached hydrogens (tertiary/aromatic N) is 3. The highest BCUT2D eigenvalue weighted by Crippen LogP contribution is 2.29. The van der Waals surface area contributed by atoms with E-state index in [0.717, 1.165) is 0 Å². The van der Waals surface area contributed by atoms with Crippen LogP contribution in [-0.2, 0) is 0 Å². The third-order valence-electron chi connectivity index (χ3n) is 3.01. The van der Waals surface area contributed by atoms with Crippen molar-refractivity contribution in [2.75, 3.05) is 0 Å². The average molecular weight is 285 g/mol. The van der Waals surface area contributed by atoms with E-state index in [1.54, 1.807) is 13.8 Å². The van der Waals surface area contributed by atoms with Gasteiger partial charge in [-0.2, -0.15) is 5.26 Å². The number of hydrogen-bond acceptors (Lipinski definition) is 6. The second-order valence-corrected chi connectivity index (χ2v) is 4.34. The quantitative estimate of drug-likeness (QED) is 0.528. The lowest BCUT2D eigenvalue weighted by molar-refractivity contribution is -0.385. The van der Waals surface area contributed by atoms with Gasteiger partial charge in [0.25, 0.3) is 0 Å². The van der Waals surface area contributed by atoms with Gasteiger partial charge in [-0.1, -0.05) is 0 Å². The molecule has 106 valence electrons. The van der Waals surface area contributed by atoms with E-state index in [0.29, 0.717) is 22.5 Å². The van der Waals surface area contributed by atoms with Gasteiger partial charge in [-0.25, -0.2) is 4.99 Å². The second-order valence-electron chi connectivity index (χ2n) is 4.34. The lowest BCUT2D eigenvalue weighted by Crippen LogP contribution is -1.90. The van der Waals surface area contributed by atoms with Crippen LogP contribution in [0.15, 0.2) is 27.6 Å². The molecule has 0 saturated heterocycles. The van der Waals surface area contributed by atoms with Crippen LogP contribution in [-0.4, -0.2) is 16.2 Å². The van der Waals surface area contributed by atoms with Crippen LogP contribution in [0.1, 0.15) is 22.5 Å². The molecule has 7 heteroatoms. The van der Waals surface area contributed by atoms with E-state index >= 15 is 0 Å². The summed E-state index contributed by atoms with van der Waals surface area (Å²) >= 11 is 0. The molecule has 1 aromatic carbocycles. The number of nitro groups is 1. The van der Waals surface area contributed by atoms with Crippen LogP contribution >= 0.6 is 0 Å². The summed E-state index contributed by atoms with van der Waals surface area (Å²) in [5.41, 5.74) is 1.04. The van der Waals surface area contributed by atoms with E-state index in [9.17, 15) is 15.2 Å². The lowest BCUT2D eigenvalue weighted by atomic mass is 10.2. The smallest absolute Gasteiger partial charge is 0.311 e. The fraction of sp³-hybridized carbons (Fsp3) is 0.143. The molecule has 0 aliphatic heterocycles. The zero-order valence-electron chi connectivity index (χ0n) is 11.3. The number of aliphatic imine (C=N–C) groups is 1. The number of phenols is 1. The van der Waals surface area contributed by atoms with Crippen molar-refractivity contribution in [2.24, 2.45) is 4.99 Å². The van der Waals surface area contributed by atoms with Crippen molar-refractivity contribution in [1.82, 2.24) is 0 Å². The Morgan fingerprint density at radius 3 is 2.81 bits per heavy atom. The first-order valence-corrected chi connectivity index (χ1v) is 5.95. The van der Waals surface area contributed by atoms with Gasteiger partial charge in [-0.15, -0.1) is 0 Å². The van der Waals surface area contributed by atoms with Gasteiger partial charge in [0, 0.05) is 17.8 Å². The Kier molecular flexibility index (Phi) is 3.71. The molecule has 0 atom stereocenters. The van der Waals surface area contributed by atoms with Crippen LogP contribution < -0.4 is 0 Å². The Bertz CT molecular complexity index is 784. The summed E-state index contributed by atoms with van der Waals surface area (Å²) in [6, 6.07) is 5.88. The summed E-state index contributed by atoms with van der Waals surface area (Å²) < 4.78 is 5.36. The maximum absolute atomic E-state index is 10.7. The third kappa shape index (κ3) is 2.74. The van der Waals surface area contributed by atoms with Crippen LogP contribution in [0.5, 0.6) is 5.75 Å². The lowest BCUT2D eigenvalue weighted by Gasteiger charge is -1.97. The van der Waals surface area contributed by atoms with Gasteiger partial charge < -0.3 is 9.52 Å². The third-order valence-corrected chi connectivity index (χ3v) is 3.01. The summed E-state index contributed by atoms with van der Waals surface area (Å²) in [5, 5.41) is 29.2. The Balaban J connectivity index is 2.39. The maximum atomic E-state index is 10.7. The molecule has 1 aromatic heterocycles. The van der Waals surface area contributed by atoms with Gasteiger partial charge >= 0.3 is 5.69 Å². The van der Waals surface area contributed by atoms with Crippen molar-refractivity contribution in [1.29, 1.82) is 5.26 Å². The highest BCUT2D eigenvalue weighted by Gasteiger charge is 2.14. The summed E-state index contributed by atoms with van der Waals surface area (Å²) in [6.45, 7) is 3.47.